The van der Waals surface area contributed by atoms with Gasteiger partial charge in [-0.25, -0.2) is 0 Å². The smallest absolute Gasteiger partial charge is 0.327 e. The van der Waals surface area contributed by atoms with Crippen LogP contribution in [0, 0.1) is 0 Å². The van der Waals surface area contributed by atoms with Gasteiger partial charge in [-0.15, -0.1) is 0 Å². The molecule has 0 spiro atoms. The highest BCUT2D eigenvalue weighted by molar-refractivity contribution is 7.52. The van der Waals surface area contributed by atoms with Gasteiger partial charge in [0.05, 0.1) is 19.8 Å². The second kappa shape index (κ2) is 7.51. The van der Waals surface area contributed by atoms with E-state index in [2.05, 4.69) is 6.92 Å². The third-order valence-electron chi connectivity index (χ3n) is 1.44. The summed E-state index contributed by atoms with van der Waals surface area (Å²) >= 11 is 0. The Morgan fingerprint density at radius 2 is 1.77 bits per heavy atom. The Morgan fingerprint density at radius 3 is 2.31 bits per heavy atom. The summed E-state index contributed by atoms with van der Waals surface area (Å²) in [5, 5.41) is 0. The number of unbranched alkanes of at least 4 members (excludes halogenated alkanes) is 1. The number of ether oxygens (including phenoxy) is 1. The summed E-state index contributed by atoms with van der Waals surface area (Å²) in [7, 11) is -1.26. The third-order valence-corrected chi connectivity index (χ3v) is 2.74. The Morgan fingerprint density at radius 1 is 1.15 bits per heavy atom. The molecule has 4 nitrogen and oxygen atoms in total. The van der Waals surface area contributed by atoms with Crippen LogP contribution in [0.3, 0.4) is 0 Å². The van der Waals surface area contributed by atoms with Gasteiger partial charge in [-0.2, -0.15) is 0 Å². The van der Waals surface area contributed by atoms with Gasteiger partial charge in [0.1, 0.15) is 0 Å². The lowest BCUT2D eigenvalue weighted by molar-refractivity contribution is 0.128. The van der Waals surface area contributed by atoms with Crippen LogP contribution in [0.5, 0.6) is 0 Å². The van der Waals surface area contributed by atoms with Crippen molar-refractivity contribution in [2.75, 3.05) is 33.6 Å². The molecule has 0 rings (SSSR count). The molecule has 0 aliphatic rings. The van der Waals surface area contributed by atoms with Crippen molar-refractivity contribution in [1.29, 1.82) is 0 Å². The second-order valence-electron chi connectivity index (χ2n) is 2.78. The van der Waals surface area contributed by atoms with Gasteiger partial charge in [0.25, 0.3) is 0 Å². The quantitative estimate of drug-likeness (QED) is 0.455. The summed E-state index contributed by atoms with van der Waals surface area (Å²) in [6.45, 7) is 4.79. The summed E-state index contributed by atoms with van der Waals surface area (Å²) < 4.78 is 26.3. The van der Waals surface area contributed by atoms with E-state index in [1.807, 2.05) is 0 Å². The zero-order valence-electron chi connectivity index (χ0n) is 8.62. The van der Waals surface area contributed by atoms with Crippen molar-refractivity contribution in [1.82, 2.24) is 0 Å². The van der Waals surface area contributed by atoms with Gasteiger partial charge in [-0.05, 0) is 6.42 Å². The second-order valence-corrected chi connectivity index (χ2v) is 4.84. The summed E-state index contributed by atoms with van der Waals surface area (Å²) in [5.41, 5.74) is 0. The van der Waals surface area contributed by atoms with Gasteiger partial charge in [0.15, 0.2) is 0 Å². The van der Waals surface area contributed by atoms with Crippen LogP contribution in [0.15, 0.2) is 0 Å². The number of hydrogen-bond acceptors (Lipinski definition) is 4. The van der Waals surface area contributed by atoms with E-state index in [1.165, 1.54) is 6.66 Å². The molecule has 0 amide bonds. The first kappa shape index (κ1) is 13.1. The molecule has 13 heavy (non-hydrogen) atoms. The maximum Gasteiger partial charge on any atom is 0.327 e. The molecule has 0 bridgehead atoms. The molecular weight excluding hydrogens is 191 g/mol. The highest BCUT2D eigenvalue weighted by Crippen LogP contribution is 2.43. The molecule has 1 atom stereocenters. The van der Waals surface area contributed by atoms with E-state index in [9.17, 15) is 4.57 Å². The lowest BCUT2D eigenvalue weighted by atomic mass is 10.4. The monoisotopic (exact) mass is 210 g/mol. The molecule has 0 aliphatic heterocycles. The molecule has 5 heteroatoms. The van der Waals surface area contributed by atoms with E-state index in [0.717, 1.165) is 12.8 Å². The average Bonchev–Trinajstić information content (AvgIpc) is 2.05. The van der Waals surface area contributed by atoms with Crippen LogP contribution >= 0.6 is 7.60 Å². The zero-order chi connectivity index (χ0) is 10.2. The van der Waals surface area contributed by atoms with E-state index in [0.29, 0.717) is 19.8 Å². The first-order chi connectivity index (χ1) is 6.12. The van der Waals surface area contributed by atoms with Crippen LogP contribution in [0.2, 0.25) is 0 Å². The molecule has 0 heterocycles. The minimum absolute atomic E-state index is 0.316. The maximum absolute atomic E-state index is 11.5. The number of hydrogen-bond donors (Lipinski definition) is 0. The Bertz CT molecular complexity index is 146. The maximum atomic E-state index is 11.5. The third kappa shape index (κ3) is 8.44. The topological polar surface area (TPSA) is 44.8 Å². The van der Waals surface area contributed by atoms with Gasteiger partial charge in [-0.3, -0.25) is 4.57 Å². The van der Waals surface area contributed by atoms with Crippen LogP contribution in [0.1, 0.15) is 19.8 Å². The minimum Gasteiger partial charge on any atom is -0.382 e. The van der Waals surface area contributed by atoms with Crippen molar-refractivity contribution < 1.29 is 18.3 Å². The average molecular weight is 210 g/mol. The summed E-state index contributed by atoms with van der Waals surface area (Å²) in [6.07, 6.45) is 1.93. The van der Waals surface area contributed by atoms with Crippen molar-refractivity contribution in [2.45, 2.75) is 19.8 Å². The van der Waals surface area contributed by atoms with E-state index >= 15 is 0 Å². The van der Waals surface area contributed by atoms with Crippen molar-refractivity contribution in [2.24, 2.45) is 0 Å². The van der Waals surface area contributed by atoms with Crippen LogP contribution in [-0.2, 0) is 18.3 Å². The fraction of sp³-hybridized carbons (Fsp3) is 1.00. The molecule has 0 saturated carbocycles. The van der Waals surface area contributed by atoms with Crippen molar-refractivity contribution in [3.63, 3.8) is 0 Å². The highest BCUT2D eigenvalue weighted by Gasteiger charge is 2.15. The summed E-state index contributed by atoms with van der Waals surface area (Å²) in [5.74, 6) is 0. The normalized spacial score (nSPS) is 15.6. The van der Waals surface area contributed by atoms with E-state index in [-0.39, 0.29) is 0 Å². The Hall–Kier alpha value is 0.110. The van der Waals surface area contributed by atoms with E-state index < -0.39 is 7.60 Å². The molecule has 1 unspecified atom stereocenters. The predicted octanol–water partition coefficient (Wildman–Crippen LogP) is 2.29. The first-order valence-corrected chi connectivity index (χ1v) is 6.47. The minimum atomic E-state index is -2.83. The van der Waals surface area contributed by atoms with Crippen LogP contribution < -0.4 is 0 Å². The van der Waals surface area contributed by atoms with Crippen molar-refractivity contribution in [3.05, 3.63) is 0 Å². The van der Waals surface area contributed by atoms with Gasteiger partial charge < -0.3 is 13.8 Å². The first-order valence-electron chi connectivity index (χ1n) is 4.48. The van der Waals surface area contributed by atoms with Gasteiger partial charge in [0, 0.05) is 13.8 Å². The molecule has 0 saturated heterocycles. The fourth-order valence-corrected chi connectivity index (χ4v) is 1.64. The van der Waals surface area contributed by atoms with Crippen LogP contribution in [0.25, 0.3) is 0 Å². The number of methoxy groups -OCH3 is 1. The molecule has 0 aromatic heterocycles. The lowest BCUT2D eigenvalue weighted by Gasteiger charge is -2.13. The molecular formula is C8H19O4P. The van der Waals surface area contributed by atoms with Gasteiger partial charge in [-0.1, -0.05) is 13.3 Å². The molecule has 0 aromatic rings. The zero-order valence-corrected chi connectivity index (χ0v) is 9.51. The number of rotatable bonds is 8. The summed E-state index contributed by atoms with van der Waals surface area (Å²) in [6, 6.07) is 0. The Balaban J connectivity index is 3.49. The van der Waals surface area contributed by atoms with E-state index in [1.54, 1.807) is 7.11 Å². The molecule has 80 valence electrons. The molecule has 0 aromatic carbocycles. The molecule has 0 radical (unpaired) electrons. The highest BCUT2D eigenvalue weighted by atomic mass is 31.2. The van der Waals surface area contributed by atoms with Crippen molar-refractivity contribution >= 4 is 7.60 Å². The SMILES string of the molecule is CCCCOP(C)(=O)OCCOC. The Kier molecular flexibility index (Phi) is 7.57. The lowest BCUT2D eigenvalue weighted by Crippen LogP contribution is -2.02. The molecule has 0 fully saturated rings. The largest absolute Gasteiger partial charge is 0.382 e. The predicted molar refractivity (Wildman–Crippen MR) is 52.2 cm³/mol. The van der Waals surface area contributed by atoms with E-state index in [4.69, 9.17) is 13.8 Å². The molecule has 0 aliphatic carbocycles. The van der Waals surface area contributed by atoms with Crippen LogP contribution in [-0.4, -0.2) is 33.6 Å². The Labute approximate surface area is 80.1 Å². The van der Waals surface area contributed by atoms with Gasteiger partial charge in [0.2, 0.25) is 0 Å². The van der Waals surface area contributed by atoms with Crippen molar-refractivity contribution in [3.8, 4) is 0 Å². The molecule has 0 N–H and O–H groups in total. The fourth-order valence-electron chi connectivity index (χ4n) is 0.698. The van der Waals surface area contributed by atoms with Crippen LogP contribution in [0.4, 0.5) is 0 Å². The van der Waals surface area contributed by atoms with Gasteiger partial charge >= 0.3 is 7.60 Å². The standard InChI is InChI=1S/C8H19O4P/c1-4-5-6-11-13(3,9)12-8-7-10-2/h4-8H2,1-3H3. The summed E-state index contributed by atoms with van der Waals surface area (Å²) in [4.78, 5) is 0.